The Morgan fingerprint density at radius 1 is 1.45 bits per heavy atom. The molecule has 0 bridgehead atoms. The number of piperidine rings is 1. The second kappa shape index (κ2) is 6.67. The fraction of sp³-hybridized carbons (Fsp3) is 0.500. The smallest absolute Gasteiger partial charge is 0.256 e. The first kappa shape index (κ1) is 16.8. The van der Waals surface area contributed by atoms with Crippen LogP contribution in [0.25, 0.3) is 0 Å². The number of β-amino-alcohol motifs (C(OH)–C–C–N with tert-alkyl or cyclic N) is 1. The lowest BCUT2D eigenvalue weighted by Crippen LogP contribution is -2.58. The molecule has 22 heavy (non-hydrogen) atoms. The quantitative estimate of drug-likeness (QED) is 0.920. The van der Waals surface area contributed by atoms with Crippen molar-refractivity contribution in [2.75, 3.05) is 20.1 Å². The second-order valence-electron chi connectivity index (χ2n) is 5.87. The van der Waals surface area contributed by atoms with E-state index in [0.717, 1.165) is 5.56 Å². The maximum absolute atomic E-state index is 12.6. The van der Waals surface area contributed by atoms with Gasteiger partial charge in [-0.05, 0) is 30.5 Å². The summed E-state index contributed by atoms with van der Waals surface area (Å²) in [6.07, 6.45) is 0.988. The minimum Gasteiger partial charge on any atom is -0.378 e. The molecule has 1 aliphatic heterocycles. The van der Waals surface area contributed by atoms with Crippen LogP contribution in [0.3, 0.4) is 0 Å². The van der Waals surface area contributed by atoms with Crippen molar-refractivity contribution in [3.05, 3.63) is 34.9 Å². The van der Waals surface area contributed by atoms with E-state index >= 15 is 0 Å². The molecule has 2 rings (SSSR count). The van der Waals surface area contributed by atoms with Gasteiger partial charge in [0.05, 0.1) is 6.54 Å². The Bertz CT molecular complexity index is 578. The molecule has 0 aromatic heterocycles. The number of carbonyl (C=O) groups is 2. The van der Waals surface area contributed by atoms with Gasteiger partial charge in [-0.1, -0.05) is 23.7 Å². The van der Waals surface area contributed by atoms with Crippen LogP contribution < -0.4 is 0 Å². The average molecular weight is 325 g/mol. The molecule has 5 nitrogen and oxygen atoms in total. The number of amides is 2. The molecule has 0 saturated carbocycles. The molecule has 0 aliphatic carbocycles. The second-order valence-corrected chi connectivity index (χ2v) is 6.30. The molecule has 120 valence electrons. The minimum absolute atomic E-state index is 0.0566. The summed E-state index contributed by atoms with van der Waals surface area (Å²) in [7, 11) is 1.65. The van der Waals surface area contributed by atoms with Crippen molar-refractivity contribution >= 4 is 23.4 Å². The minimum atomic E-state index is -1.50. The highest BCUT2D eigenvalue weighted by Gasteiger charge is 2.42. The SMILES string of the molecule is CC(=O)N1CCC[C@](O)(C(=O)N(C)Cc2cccc(Cl)c2)C1. The van der Waals surface area contributed by atoms with Crippen LogP contribution in [0.2, 0.25) is 5.02 Å². The van der Waals surface area contributed by atoms with Crippen molar-refractivity contribution in [2.45, 2.75) is 31.9 Å². The highest BCUT2D eigenvalue weighted by molar-refractivity contribution is 6.30. The van der Waals surface area contributed by atoms with Gasteiger partial charge in [0.2, 0.25) is 5.91 Å². The number of aliphatic hydroxyl groups is 1. The third-order valence-corrected chi connectivity index (χ3v) is 4.20. The molecule has 1 saturated heterocycles. The van der Waals surface area contributed by atoms with Crippen LogP contribution in [0.4, 0.5) is 0 Å². The summed E-state index contributed by atoms with van der Waals surface area (Å²) < 4.78 is 0. The van der Waals surface area contributed by atoms with Crippen LogP contribution in [0.15, 0.2) is 24.3 Å². The summed E-state index contributed by atoms with van der Waals surface area (Å²) in [6.45, 7) is 2.46. The normalized spacial score (nSPS) is 21.5. The Morgan fingerprint density at radius 3 is 2.82 bits per heavy atom. The zero-order valence-corrected chi connectivity index (χ0v) is 13.6. The van der Waals surface area contributed by atoms with Gasteiger partial charge in [0.1, 0.15) is 0 Å². The van der Waals surface area contributed by atoms with E-state index in [-0.39, 0.29) is 18.4 Å². The molecule has 0 radical (unpaired) electrons. The number of likely N-dealkylation sites (N-methyl/N-ethyl adjacent to an activating group) is 1. The van der Waals surface area contributed by atoms with Gasteiger partial charge in [-0.15, -0.1) is 0 Å². The Morgan fingerprint density at radius 2 is 2.18 bits per heavy atom. The van der Waals surface area contributed by atoms with Gasteiger partial charge < -0.3 is 14.9 Å². The number of rotatable bonds is 3. The third kappa shape index (κ3) is 3.78. The molecule has 1 atom stereocenters. The van der Waals surface area contributed by atoms with Gasteiger partial charge in [-0.3, -0.25) is 9.59 Å². The number of nitrogens with zero attached hydrogens (tertiary/aromatic N) is 2. The number of halogens is 1. The predicted molar refractivity (Wildman–Crippen MR) is 84.4 cm³/mol. The Balaban J connectivity index is 2.07. The lowest BCUT2D eigenvalue weighted by Gasteiger charge is -2.39. The summed E-state index contributed by atoms with van der Waals surface area (Å²) in [5.74, 6) is -0.484. The molecule has 0 spiro atoms. The highest BCUT2D eigenvalue weighted by atomic mass is 35.5. The molecular formula is C16H21ClN2O3. The molecule has 1 aromatic carbocycles. The Kier molecular flexibility index (Phi) is 5.08. The number of carbonyl (C=O) groups excluding carboxylic acids is 2. The van der Waals surface area contributed by atoms with Crippen LogP contribution in [-0.4, -0.2) is 52.5 Å². The molecular weight excluding hydrogens is 304 g/mol. The molecule has 1 N–H and O–H groups in total. The first-order valence-corrected chi connectivity index (χ1v) is 7.67. The van der Waals surface area contributed by atoms with Crippen LogP contribution in [-0.2, 0) is 16.1 Å². The highest BCUT2D eigenvalue weighted by Crippen LogP contribution is 2.24. The number of benzene rings is 1. The Labute approximate surface area is 135 Å². The van der Waals surface area contributed by atoms with E-state index in [2.05, 4.69) is 0 Å². The van der Waals surface area contributed by atoms with E-state index in [1.165, 1.54) is 16.7 Å². The first-order valence-electron chi connectivity index (χ1n) is 7.30. The maximum Gasteiger partial charge on any atom is 0.256 e. The van der Waals surface area contributed by atoms with E-state index in [1.54, 1.807) is 19.2 Å². The molecule has 0 unspecified atom stereocenters. The van der Waals surface area contributed by atoms with Gasteiger partial charge >= 0.3 is 0 Å². The number of likely N-dealkylation sites (tertiary alicyclic amines) is 1. The van der Waals surface area contributed by atoms with E-state index in [0.29, 0.717) is 31.0 Å². The largest absolute Gasteiger partial charge is 0.378 e. The third-order valence-electron chi connectivity index (χ3n) is 3.97. The molecule has 2 amide bonds. The Hall–Kier alpha value is -1.59. The van der Waals surface area contributed by atoms with E-state index in [9.17, 15) is 14.7 Å². The van der Waals surface area contributed by atoms with Crippen LogP contribution in [0.1, 0.15) is 25.3 Å². The van der Waals surface area contributed by atoms with E-state index in [4.69, 9.17) is 11.6 Å². The summed E-state index contributed by atoms with van der Waals surface area (Å²) in [5.41, 5.74) is -0.608. The lowest BCUT2D eigenvalue weighted by molar-refractivity contribution is -0.159. The first-order chi connectivity index (χ1) is 10.3. The predicted octanol–water partition coefficient (Wildman–Crippen LogP) is 1.67. The summed E-state index contributed by atoms with van der Waals surface area (Å²) in [6, 6.07) is 7.26. The lowest BCUT2D eigenvalue weighted by atomic mass is 9.91. The zero-order chi connectivity index (χ0) is 16.3. The van der Waals surface area contributed by atoms with Crippen molar-refractivity contribution < 1.29 is 14.7 Å². The molecule has 1 fully saturated rings. The van der Waals surface area contributed by atoms with Gasteiger partial charge in [0, 0.05) is 32.1 Å². The van der Waals surface area contributed by atoms with Crippen molar-refractivity contribution in [3.63, 3.8) is 0 Å². The van der Waals surface area contributed by atoms with Gasteiger partial charge in [-0.2, -0.15) is 0 Å². The average Bonchev–Trinajstić information content (AvgIpc) is 2.46. The number of hydrogen-bond donors (Lipinski definition) is 1. The monoisotopic (exact) mass is 324 g/mol. The fourth-order valence-corrected chi connectivity index (χ4v) is 3.03. The topological polar surface area (TPSA) is 60.9 Å². The summed E-state index contributed by atoms with van der Waals surface area (Å²) in [5, 5.41) is 11.3. The van der Waals surface area contributed by atoms with Crippen molar-refractivity contribution in [3.8, 4) is 0 Å². The van der Waals surface area contributed by atoms with E-state index in [1.807, 2.05) is 12.1 Å². The summed E-state index contributed by atoms with van der Waals surface area (Å²) in [4.78, 5) is 27.1. The number of hydrogen-bond acceptors (Lipinski definition) is 3. The van der Waals surface area contributed by atoms with Crippen molar-refractivity contribution in [1.29, 1.82) is 0 Å². The van der Waals surface area contributed by atoms with Crippen molar-refractivity contribution in [2.24, 2.45) is 0 Å². The van der Waals surface area contributed by atoms with Crippen LogP contribution >= 0.6 is 11.6 Å². The van der Waals surface area contributed by atoms with Gasteiger partial charge in [0.25, 0.3) is 5.91 Å². The maximum atomic E-state index is 12.6. The molecule has 1 aliphatic rings. The fourth-order valence-electron chi connectivity index (χ4n) is 2.82. The molecule has 6 heteroatoms. The zero-order valence-electron chi connectivity index (χ0n) is 12.9. The molecule has 1 heterocycles. The summed E-state index contributed by atoms with van der Waals surface area (Å²) >= 11 is 5.94. The van der Waals surface area contributed by atoms with Gasteiger partial charge in [0.15, 0.2) is 5.60 Å². The van der Waals surface area contributed by atoms with Crippen LogP contribution in [0.5, 0.6) is 0 Å². The van der Waals surface area contributed by atoms with Gasteiger partial charge in [-0.25, -0.2) is 0 Å². The van der Waals surface area contributed by atoms with E-state index < -0.39 is 5.60 Å². The van der Waals surface area contributed by atoms with Crippen LogP contribution in [0, 0.1) is 0 Å². The standard InChI is InChI=1S/C16H21ClN2O3/c1-12(20)19-8-4-7-16(22,11-19)15(21)18(2)10-13-5-3-6-14(17)9-13/h3,5-6,9,22H,4,7-8,10-11H2,1-2H3/t16-/m1/s1. The molecule has 1 aromatic rings. The van der Waals surface area contributed by atoms with Crippen molar-refractivity contribution in [1.82, 2.24) is 9.80 Å².